The predicted molar refractivity (Wildman–Crippen MR) is 157 cm³/mol. The van der Waals surface area contributed by atoms with Gasteiger partial charge in [-0.1, -0.05) is 46.3 Å². The molecule has 0 unspecified atom stereocenters. The standard InChI is InChI=1S/C30H23BrFN3O3S/c31-22-8-6-20(7-9-22)18-27(35-29(37)21-4-2-1-3-5-21)30(38)34-25-14-16-26(17-15-25)39-19-28(36)33-24-12-10-23(32)11-13-24/h1-18H,19H2,(H,33,36)(H,34,38)(H,35,37)/b27-18-. The first-order chi connectivity index (χ1) is 18.9. The molecule has 0 spiro atoms. The maximum absolute atomic E-state index is 13.2. The number of rotatable bonds is 9. The monoisotopic (exact) mass is 603 g/mol. The summed E-state index contributed by atoms with van der Waals surface area (Å²) in [5.41, 5.74) is 2.29. The van der Waals surface area contributed by atoms with E-state index in [-0.39, 0.29) is 23.2 Å². The summed E-state index contributed by atoms with van der Waals surface area (Å²) in [5.74, 6) is -1.32. The minimum atomic E-state index is -0.485. The second-order valence-corrected chi connectivity index (χ2v) is 10.2. The maximum atomic E-state index is 13.2. The Bertz CT molecular complexity index is 1480. The quantitative estimate of drug-likeness (QED) is 0.146. The largest absolute Gasteiger partial charge is 0.325 e. The van der Waals surface area contributed by atoms with Gasteiger partial charge in [0.25, 0.3) is 11.8 Å². The van der Waals surface area contributed by atoms with Gasteiger partial charge in [-0.15, -0.1) is 11.8 Å². The first-order valence-electron chi connectivity index (χ1n) is 11.8. The number of benzene rings is 4. The van der Waals surface area contributed by atoms with Crippen molar-refractivity contribution in [2.45, 2.75) is 4.90 Å². The summed E-state index contributed by atoms with van der Waals surface area (Å²) in [7, 11) is 0. The van der Waals surface area contributed by atoms with Crippen molar-refractivity contribution in [3.63, 3.8) is 0 Å². The van der Waals surface area contributed by atoms with Crippen LogP contribution in [-0.4, -0.2) is 23.5 Å². The highest BCUT2D eigenvalue weighted by Crippen LogP contribution is 2.21. The number of carbonyl (C=O) groups excluding carboxylic acids is 3. The first kappa shape index (κ1) is 27.8. The smallest absolute Gasteiger partial charge is 0.272 e. The number of amides is 3. The molecule has 9 heteroatoms. The van der Waals surface area contributed by atoms with Gasteiger partial charge in [0.2, 0.25) is 5.91 Å². The summed E-state index contributed by atoms with van der Waals surface area (Å²) < 4.78 is 13.9. The summed E-state index contributed by atoms with van der Waals surface area (Å²) in [6.45, 7) is 0. The van der Waals surface area contributed by atoms with Crippen LogP contribution in [-0.2, 0) is 9.59 Å². The highest BCUT2D eigenvalue weighted by molar-refractivity contribution is 9.10. The van der Waals surface area contributed by atoms with E-state index in [9.17, 15) is 18.8 Å². The second kappa shape index (κ2) is 13.5. The van der Waals surface area contributed by atoms with E-state index in [0.717, 1.165) is 14.9 Å². The average Bonchev–Trinajstić information content (AvgIpc) is 2.95. The summed E-state index contributed by atoms with van der Waals surface area (Å²) in [6, 6.07) is 28.5. The number of nitrogens with one attached hydrogen (secondary N) is 3. The van der Waals surface area contributed by atoms with Gasteiger partial charge in [-0.05, 0) is 84.4 Å². The molecule has 0 aliphatic heterocycles. The number of halogens is 2. The van der Waals surface area contributed by atoms with Gasteiger partial charge in [-0.3, -0.25) is 14.4 Å². The van der Waals surface area contributed by atoms with Gasteiger partial charge in [-0.2, -0.15) is 0 Å². The van der Waals surface area contributed by atoms with Crippen LogP contribution in [0.25, 0.3) is 6.08 Å². The molecule has 0 saturated heterocycles. The number of carbonyl (C=O) groups is 3. The van der Waals surface area contributed by atoms with E-state index in [2.05, 4.69) is 31.9 Å². The number of hydrogen-bond donors (Lipinski definition) is 3. The van der Waals surface area contributed by atoms with Gasteiger partial charge in [0, 0.05) is 26.3 Å². The molecule has 0 aromatic heterocycles. The molecule has 6 nitrogen and oxygen atoms in total. The Hall–Kier alpha value is -4.21. The van der Waals surface area contributed by atoms with Gasteiger partial charge in [0.15, 0.2) is 0 Å². The molecule has 0 heterocycles. The van der Waals surface area contributed by atoms with Crippen LogP contribution < -0.4 is 16.0 Å². The molecule has 4 aromatic rings. The van der Waals surface area contributed by atoms with Crippen LogP contribution in [0.15, 0.2) is 118 Å². The van der Waals surface area contributed by atoms with Crippen molar-refractivity contribution in [3.05, 3.63) is 130 Å². The SMILES string of the molecule is O=C(CSc1ccc(NC(=O)/C(=C/c2ccc(Br)cc2)NC(=O)c2ccccc2)cc1)Nc1ccc(F)cc1. The number of anilines is 2. The van der Waals surface area contributed by atoms with E-state index in [1.54, 1.807) is 54.6 Å². The van der Waals surface area contributed by atoms with Crippen LogP contribution in [0.1, 0.15) is 15.9 Å². The van der Waals surface area contributed by atoms with Gasteiger partial charge in [-0.25, -0.2) is 4.39 Å². The van der Waals surface area contributed by atoms with Crippen molar-refractivity contribution in [2.24, 2.45) is 0 Å². The lowest BCUT2D eigenvalue weighted by atomic mass is 10.1. The zero-order valence-corrected chi connectivity index (χ0v) is 22.9. The highest BCUT2D eigenvalue weighted by Gasteiger charge is 2.15. The van der Waals surface area contributed by atoms with Crippen LogP contribution in [0.4, 0.5) is 15.8 Å². The van der Waals surface area contributed by atoms with Gasteiger partial charge in [0.05, 0.1) is 5.75 Å². The second-order valence-electron chi connectivity index (χ2n) is 8.25. The minimum Gasteiger partial charge on any atom is -0.325 e. The van der Waals surface area contributed by atoms with Crippen LogP contribution >= 0.6 is 27.7 Å². The molecule has 0 aliphatic rings. The molecule has 0 atom stereocenters. The van der Waals surface area contributed by atoms with Crippen LogP contribution in [0.3, 0.4) is 0 Å². The van der Waals surface area contributed by atoms with Crippen molar-refractivity contribution >= 4 is 62.9 Å². The van der Waals surface area contributed by atoms with E-state index < -0.39 is 11.8 Å². The fourth-order valence-corrected chi connectivity index (χ4v) is 4.34. The fourth-order valence-electron chi connectivity index (χ4n) is 3.38. The molecule has 0 bridgehead atoms. The zero-order valence-electron chi connectivity index (χ0n) is 20.5. The Morgan fingerprint density at radius 3 is 2.05 bits per heavy atom. The predicted octanol–water partition coefficient (Wildman–Crippen LogP) is 6.73. The van der Waals surface area contributed by atoms with Gasteiger partial charge in [0.1, 0.15) is 11.5 Å². The van der Waals surface area contributed by atoms with Crippen LogP contribution in [0.5, 0.6) is 0 Å². The topological polar surface area (TPSA) is 87.3 Å². The lowest BCUT2D eigenvalue weighted by molar-refractivity contribution is -0.114. The molecular weight excluding hydrogens is 581 g/mol. The zero-order chi connectivity index (χ0) is 27.6. The van der Waals surface area contributed by atoms with Gasteiger partial charge < -0.3 is 16.0 Å². The third-order valence-electron chi connectivity index (χ3n) is 5.32. The molecule has 4 rings (SSSR count). The molecule has 4 aromatic carbocycles. The normalized spacial score (nSPS) is 11.0. The van der Waals surface area contributed by atoms with Crippen molar-refractivity contribution in [1.82, 2.24) is 5.32 Å². The molecule has 0 fully saturated rings. The fraction of sp³-hybridized carbons (Fsp3) is 0.0333. The minimum absolute atomic E-state index is 0.0853. The van der Waals surface area contributed by atoms with E-state index in [4.69, 9.17) is 0 Å². The number of hydrogen-bond acceptors (Lipinski definition) is 4. The maximum Gasteiger partial charge on any atom is 0.272 e. The Morgan fingerprint density at radius 2 is 1.38 bits per heavy atom. The summed E-state index contributed by atoms with van der Waals surface area (Å²) >= 11 is 4.71. The molecular formula is C30H23BrFN3O3S. The van der Waals surface area contributed by atoms with Gasteiger partial charge >= 0.3 is 0 Å². The van der Waals surface area contributed by atoms with Crippen molar-refractivity contribution in [2.75, 3.05) is 16.4 Å². The van der Waals surface area contributed by atoms with E-state index in [1.807, 2.05) is 30.3 Å². The highest BCUT2D eigenvalue weighted by atomic mass is 79.9. The Labute approximate surface area is 237 Å². The molecule has 0 radical (unpaired) electrons. The summed E-state index contributed by atoms with van der Waals surface area (Å²) in [6.07, 6.45) is 1.60. The molecule has 39 heavy (non-hydrogen) atoms. The molecule has 196 valence electrons. The third-order valence-corrected chi connectivity index (χ3v) is 6.86. The summed E-state index contributed by atoms with van der Waals surface area (Å²) in [5, 5.41) is 8.23. The lowest BCUT2D eigenvalue weighted by Gasteiger charge is -2.12. The third kappa shape index (κ3) is 8.66. The molecule has 0 aliphatic carbocycles. The Kier molecular flexibility index (Phi) is 9.66. The van der Waals surface area contributed by atoms with E-state index in [0.29, 0.717) is 16.9 Å². The van der Waals surface area contributed by atoms with E-state index >= 15 is 0 Å². The van der Waals surface area contributed by atoms with Crippen LogP contribution in [0.2, 0.25) is 0 Å². The Balaban J connectivity index is 1.39. The molecule has 0 saturated carbocycles. The molecule has 3 N–H and O–H groups in total. The van der Waals surface area contributed by atoms with Crippen LogP contribution in [0, 0.1) is 5.82 Å². The van der Waals surface area contributed by atoms with E-state index in [1.165, 1.54) is 36.0 Å². The van der Waals surface area contributed by atoms with Crippen molar-refractivity contribution in [3.8, 4) is 0 Å². The number of thioether (sulfide) groups is 1. The molecule has 3 amide bonds. The van der Waals surface area contributed by atoms with Crippen molar-refractivity contribution < 1.29 is 18.8 Å². The average molecular weight is 605 g/mol. The first-order valence-corrected chi connectivity index (χ1v) is 13.6. The summed E-state index contributed by atoms with van der Waals surface area (Å²) in [4.78, 5) is 38.9. The Morgan fingerprint density at radius 1 is 0.769 bits per heavy atom. The van der Waals surface area contributed by atoms with Crippen molar-refractivity contribution in [1.29, 1.82) is 0 Å². The lowest BCUT2D eigenvalue weighted by Crippen LogP contribution is -2.30.